The molecule has 104 heavy (non-hydrogen) atoms. The van der Waals surface area contributed by atoms with E-state index in [2.05, 4.69) is 348 Å². The first-order valence-electron chi connectivity index (χ1n) is 36.7. The van der Waals surface area contributed by atoms with E-state index in [0.717, 1.165) is 111 Å². The maximum atomic E-state index is 11.6. The van der Waals surface area contributed by atoms with Gasteiger partial charge in [-0.25, -0.2) is 9.97 Å². The first kappa shape index (κ1) is 67.2. The standard InChI is InChI=1S/C96H90N8/c1-91(2,3)63-35-41-81-77(45-63)69-25-18-20-27-79(69)101(81)87-56-99-89(103-80-28-21-19-26-70(80)78-46-64(92(4,5)6)36-42-82(78)103)52-76(87)60-29-30-61(62(44-60)55-98)53-96(16,17)68-34-40-74-73-39-33-67(95(13,14)15)49-85(73)104(86(74)50-68)90-51-75(59-24-22-23-58(43-59)54-97)88(57-100-90)102-83-47-65(93(7,8)9)31-37-71(83)72-38-32-66(48-84(72)102)94(10,11)12/h18-52,56-57H,53H2,1-17H3. The van der Waals surface area contributed by atoms with Crippen molar-refractivity contribution in [2.24, 2.45) is 0 Å². The third-order valence-corrected chi connectivity index (χ3v) is 22.1. The summed E-state index contributed by atoms with van der Waals surface area (Å²) in [4.78, 5) is 11.1. The molecule has 0 saturated heterocycles. The summed E-state index contributed by atoms with van der Waals surface area (Å²) in [5, 5.41) is 31.4. The normalized spacial score (nSPS) is 12.9. The van der Waals surface area contributed by atoms with Crippen molar-refractivity contribution < 1.29 is 0 Å². The molecule has 0 aliphatic rings. The van der Waals surface area contributed by atoms with E-state index in [1.165, 1.54) is 60.1 Å². The monoisotopic (exact) mass is 1350 g/mol. The maximum Gasteiger partial charge on any atom is 0.138 e. The van der Waals surface area contributed by atoms with Crippen LogP contribution in [0.1, 0.15) is 168 Å². The molecule has 0 amide bonds. The number of nitrogens with zero attached hydrogens (tertiary/aromatic N) is 8. The summed E-state index contributed by atoms with van der Waals surface area (Å²) in [6.07, 6.45) is 4.70. The molecule has 0 aliphatic carbocycles. The van der Waals surface area contributed by atoms with Gasteiger partial charge in [-0.05, 0) is 180 Å². The highest BCUT2D eigenvalue weighted by Gasteiger charge is 2.30. The zero-order valence-electron chi connectivity index (χ0n) is 63.1. The molecule has 0 atom stereocenters. The fourth-order valence-electron chi connectivity index (χ4n) is 16.0. The van der Waals surface area contributed by atoms with Crippen LogP contribution in [0, 0.1) is 22.7 Å². The quantitative estimate of drug-likeness (QED) is 0.144. The van der Waals surface area contributed by atoms with Crippen LogP contribution in [0.15, 0.2) is 225 Å². The highest BCUT2D eigenvalue weighted by atomic mass is 15.1. The first-order valence-corrected chi connectivity index (χ1v) is 36.7. The Balaban J connectivity index is 0.861. The molecule has 16 rings (SSSR count). The van der Waals surface area contributed by atoms with Crippen LogP contribution in [0.2, 0.25) is 0 Å². The van der Waals surface area contributed by atoms with Gasteiger partial charge in [-0.15, -0.1) is 0 Å². The Hall–Kier alpha value is -11.3. The van der Waals surface area contributed by atoms with Gasteiger partial charge < -0.3 is 9.13 Å². The molecule has 8 heteroatoms. The van der Waals surface area contributed by atoms with Crippen LogP contribution < -0.4 is 0 Å². The number of hydrogen-bond acceptors (Lipinski definition) is 4. The molecule has 0 aliphatic heterocycles. The van der Waals surface area contributed by atoms with Crippen LogP contribution in [-0.2, 0) is 38.9 Å². The highest BCUT2D eigenvalue weighted by molar-refractivity contribution is 6.13. The Labute approximate surface area is 611 Å². The Morgan fingerprint density at radius 2 is 0.663 bits per heavy atom. The smallest absolute Gasteiger partial charge is 0.138 e. The van der Waals surface area contributed by atoms with Crippen molar-refractivity contribution in [2.45, 2.75) is 157 Å². The van der Waals surface area contributed by atoms with E-state index in [-0.39, 0.29) is 27.1 Å². The molecule has 0 unspecified atom stereocenters. The van der Waals surface area contributed by atoms with Crippen molar-refractivity contribution in [2.75, 3.05) is 0 Å². The highest BCUT2D eigenvalue weighted by Crippen LogP contribution is 2.46. The Bertz CT molecular complexity index is 6270. The summed E-state index contributed by atoms with van der Waals surface area (Å²) < 4.78 is 9.47. The summed E-state index contributed by atoms with van der Waals surface area (Å²) in [6, 6.07) is 83.1. The molecule has 6 heterocycles. The number of fused-ring (bicyclic) bond motifs is 12. The van der Waals surface area contributed by atoms with Crippen molar-refractivity contribution in [1.82, 2.24) is 28.2 Å². The van der Waals surface area contributed by atoms with Crippen LogP contribution in [-0.4, -0.2) is 28.2 Å². The van der Waals surface area contributed by atoms with E-state index in [1.807, 2.05) is 24.4 Å². The SMILES string of the molecule is CC(C)(C)c1ccc2c(c1)c1ccccc1n2-c1cc(-c2ccc(CC(C)(C)c3ccc4c5ccc(C(C)(C)C)cc5n(-c5cc(-c6cccc(C#N)c6)c(-n6c7cc(C(C)(C)C)ccc7c7ccc(C(C)(C)C)cc76)cn5)c4c3)c(C#N)c2)c(-n2c3ccccc3c3cc(C(C)(C)C)ccc32)cn1. The zero-order valence-corrected chi connectivity index (χ0v) is 63.1. The number of nitriles is 2. The van der Waals surface area contributed by atoms with Gasteiger partial charge in [0.15, 0.2) is 0 Å². The van der Waals surface area contributed by atoms with Crippen LogP contribution in [0.5, 0.6) is 0 Å². The van der Waals surface area contributed by atoms with Crippen LogP contribution >= 0.6 is 0 Å². The van der Waals surface area contributed by atoms with Gasteiger partial charge in [-0.2, -0.15) is 10.5 Å². The lowest BCUT2D eigenvalue weighted by molar-refractivity contribution is 0.522. The second-order valence-corrected chi connectivity index (χ2v) is 34.9. The summed E-state index contributed by atoms with van der Waals surface area (Å²) >= 11 is 0. The third-order valence-electron chi connectivity index (χ3n) is 22.1. The fourth-order valence-corrected chi connectivity index (χ4v) is 16.0. The van der Waals surface area contributed by atoms with Gasteiger partial charge in [-0.1, -0.05) is 239 Å². The van der Waals surface area contributed by atoms with Gasteiger partial charge in [-0.3, -0.25) is 9.13 Å². The van der Waals surface area contributed by atoms with Crippen molar-refractivity contribution in [1.29, 1.82) is 10.5 Å². The molecule has 0 N–H and O–H groups in total. The Morgan fingerprint density at radius 3 is 1.12 bits per heavy atom. The number of rotatable bonds is 9. The van der Waals surface area contributed by atoms with E-state index < -0.39 is 5.41 Å². The summed E-state index contributed by atoms with van der Waals surface area (Å²) in [7, 11) is 0. The van der Waals surface area contributed by atoms with Gasteiger partial charge in [0.05, 0.1) is 91.2 Å². The number of benzene rings is 10. The van der Waals surface area contributed by atoms with Crippen molar-refractivity contribution in [3.05, 3.63) is 275 Å². The average molecular weight is 1360 g/mol. The van der Waals surface area contributed by atoms with Crippen molar-refractivity contribution >= 4 is 87.2 Å². The molecule has 8 nitrogen and oxygen atoms in total. The van der Waals surface area contributed by atoms with E-state index in [0.29, 0.717) is 17.5 Å². The van der Waals surface area contributed by atoms with E-state index in [9.17, 15) is 10.5 Å². The van der Waals surface area contributed by atoms with Crippen molar-refractivity contribution in [3.63, 3.8) is 0 Å². The molecule has 0 saturated carbocycles. The molecule has 514 valence electrons. The fraction of sp³-hybridized carbons (Fsp3) is 0.250. The van der Waals surface area contributed by atoms with Crippen molar-refractivity contribution in [3.8, 4) is 57.4 Å². The number of pyridine rings is 2. The van der Waals surface area contributed by atoms with Gasteiger partial charge in [0.25, 0.3) is 0 Å². The lowest BCUT2D eigenvalue weighted by Gasteiger charge is -2.27. The summed E-state index contributed by atoms with van der Waals surface area (Å²) in [6.45, 7) is 38.7. The van der Waals surface area contributed by atoms with Gasteiger partial charge >= 0.3 is 0 Å². The van der Waals surface area contributed by atoms with Crippen LogP contribution in [0.4, 0.5) is 0 Å². The Morgan fingerprint density at radius 1 is 0.298 bits per heavy atom. The van der Waals surface area contributed by atoms with Crippen LogP contribution in [0.3, 0.4) is 0 Å². The van der Waals surface area contributed by atoms with Gasteiger partial charge in [0.2, 0.25) is 0 Å². The number of para-hydroxylation sites is 2. The first-order chi connectivity index (χ1) is 49.4. The molecule has 10 aromatic carbocycles. The minimum atomic E-state index is -0.471. The predicted molar refractivity (Wildman–Crippen MR) is 436 cm³/mol. The second kappa shape index (κ2) is 23.9. The second-order valence-electron chi connectivity index (χ2n) is 34.9. The topological polar surface area (TPSA) is 93.1 Å². The molecular weight excluding hydrogens is 1270 g/mol. The number of hydrogen-bond donors (Lipinski definition) is 0. The molecular formula is C96H90N8. The molecule has 0 fully saturated rings. The summed E-state index contributed by atoms with van der Waals surface area (Å²) in [5.41, 5.74) is 22.9. The Kier molecular flexibility index (Phi) is 15.4. The lowest BCUT2D eigenvalue weighted by Crippen LogP contribution is -2.21. The molecule has 0 spiro atoms. The predicted octanol–water partition coefficient (Wildman–Crippen LogP) is 25.0. The molecule has 16 aromatic rings. The lowest BCUT2D eigenvalue weighted by atomic mass is 9.77. The maximum absolute atomic E-state index is 11.6. The summed E-state index contributed by atoms with van der Waals surface area (Å²) in [5.74, 6) is 1.56. The molecule has 0 radical (unpaired) electrons. The van der Waals surface area contributed by atoms with E-state index >= 15 is 0 Å². The zero-order chi connectivity index (χ0) is 73.1. The minimum Gasteiger partial charge on any atom is -0.307 e. The molecule has 6 aromatic heterocycles. The molecule has 0 bridgehead atoms. The largest absolute Gasteiger partial charge is 0.307 e. The van der Waals surface area contributed by atoms with E-state index in [4.69, 9.17) is 9.97 Å². The third kappa shape index (κ3) is 11.2. The van der Waals surface area contributed by atoms with Gasteiger partial charge in [0, 0.05) is 54.2 Å². The van der Waals surface area contributed by atoms with Crippen LogP contribution in [0.25, 0.3) is 132 Å². The van der Waals surface area contributed by atoms with E-state index in [1.54, 1.807) is 0 Å². The van der Waals surface area contributed by atoms with Gasteiger partial charge in [0.1, 0.15) is 11.6 Å². The minimum absolute atomic E-state index is 0.0379. The average Bonchev–Trinajstić information content (AvgIpc) is 1.57. The number of aromatic nitrogens is 6.